The molecule has 2 N–H and O–H groups in total. The third kappa shape index (κ3) is 2.98. The number of hydrogen-bond acceptors (Lipinski definition) is 4. The lowest BCUT2D eigenvalue weighted by Crippen LogP contribution is -2.05. The Kier molecular flexibility index (Phi) is 4.60. The molecule has 0 saturated heterocycles. The van der Waals surface area contributed by atoms with E-state index < -0.39 is 5.82 Å². The van der Waals surface area contributed by atoms with Crippen molar-refractivity contribution in [3.05, 3.63) is 88.2 Å². The van der Waals surface area contributed by atoms with Crippen LogP contribution in [0.5, 0.6) is 5.88 Å². The van der Waals surface area contributed by atoms with Crippen molar-refractivity contribution < 1.29 is 9.13 Å². The normalized spacial score (nSPS) is 11.5. The monoisotopic (exact) mass is 470 g/mol. The van der Waals surface area contributed by atoms with Crippen molar-refractivity contribution in [3.8, 4) is 28.4 Å². The highest BCUT2D eigenvalue weighted by Gasteiger charge is 2.19. The summed E-state index contributed by atoms with van der Waals surface area (Å²) in [5.74, 6) is 0.299. The predicted molar refractivity (Wildman–Crippen MR) is 132 cm³/mol. The van der Waals surface area contributed by atoms with Gasteiger partial charge in [-0.05, 0) is 47.3 Å². The molecule has 0 aliphatic carbocycles. The minimum absolute atomic E-state index is 0.184. The number of imidazole rings is 1. The smallest absolute Gasteiger partial charge is 0.256 e. The molecule has 3 aromatic carbocycles. The molecule has 0 radical (unpaired) electrons. The van der Waals surface area contributed by atoms with E-state index in [2.05, 4.69) is 19.9 Å². The molecule has 0 bridgehead atoms. The molecule has 6 nitrogen and oxygen atoms in total. The Morgan fingerprint density at radius 2 is 1.91 bits per heavy atom. The Bertz CT molecular complexity index is 1790. The van der Waals surface area contributed by atoms with Crippen LogP contribution in [0.15, 0.2) is 71.8 Å². The van der Waals surface area contributed by atoms with Gasteiger partial charge in [-0.25, -0.2) is 14.4 Å². The van der Waals surface area contributed by atoms with Gasteiger partial charge >= 0.3 is 0 Å². The molecule has 6 rings (SSSR count). The summed E-state index contributed by atoms with van der Waals surface area (Å²) in [7, 11) is 1.57. The number of halogens is 2. The number of aromatic amines is 2. The zero-order valence-electron chi connectivity index (χ0n) is 17.8. The lowest BCUT2D eigenvalue weighted by molar-refractivity contribution is 0.399. The van der Waals surface area contributed by atoms with E-state index >= 15 is 0 Å². The lowest BCUT2D eigenvalue weighted by atomic mass is 9.97. The van der Waals surface area contributed by atoms with Gasteiger partial charge in [0, 0.05) is 28.7 Å². The van der Waals surface area contributed by atoms with E-state index in [4.69, 9.17) is 16.3 Å². The van der Waals surface area contributed by atoms with Crippen molar-refractivity contribution in [2.75, 3.05) is 7.11 Å². The second-order valence-electron chi connectivity index (χ2n) is 7.82. The number of rotatable bonds is 3. The van der Waals surface area contributed by atoms with Gasteiger partial charge in [-0.3, -0.25) is 4.79 Å². The SMILES string of the molecule is COc1ncccc1-c1ccc2c(c1)c1c(=O)[nH]ccc1c1nc(-c3c(F)cccc3Cl)[nH]c21. The number of aromatic nitrogens is 4. The van der Waals surface area contributed by atoms with E-state index in [9.17, 15) is 9.18 Å². The van der Waals surface area contributed by atoms with Gasteiger partial charge in [0.2, 0.25) is 5.88 Å². The number of H-pyrrole nitrogens is 2. The first kappa shape index (κ1) is 20.4. The Balaban J connectivity index is 1.73. The fourth-order valence-corrected chi connectivity index (χ4v) is 4.71. The summed E-state index contributed by atoms with van der Waals surface area (Å²) < 4.78 is 20.1. The number of hydrogen-bond donors (Lipinski definition) is 2. The molecular weight excluding hydrogens is 455 g/mol. The molecule has 8 heteroatoms. The van der Waals surface area contributed by atoms with Crippen LogP contribution in [0.3, 0.4) is 0 Å². The molecule has 0 spiro atoms. The van der Waals surface area contributed by atoms with E-state index in [1.807, 2.05) is 30.3 Å². The molecule has 34 heavy (non-hydrogen) atoms. The maximum absolute atomic E-state index is 14.7. The maximum Gasteiger partial charge on any atom is 0.256 e. The standard InChI is InChI=1S/C26H16ClFN4O2/c1-34-26-14(4-3-10-30-26)13-7-8-15-17(12-13)20-16(9-11-29-25(20)33)23-22(15)31-24(32-23)21-18(27)5-2-6-19(21)28/h2-12H,1H3,(H,29,33)(H,31,32). The number of nitrogens with zero attached hydrogens (tertiary/aromatic N) is 2. The molecule has 0 unspecified atom stereocenters. The lowest BCUT2D eigenvalue weighted by Gasteiger charge is -2.10. The predicted octanol–water partition coefficient (Wildman–Crippen LogP) is 6.09. The fraction of sp³-hybridized carbons (Fsp3) is 0.0385. The topological polar surface area (TPSA) is 83.7 Å². The average Bonchev–Trinajstić information content (AvgIpc) is 3.29. The van der Waals surface area contributed by atoms with Crippen LogP contribution in [0.1, 0.15) is 0 Å². The summed E-state index contributed by atoms with van der Waals surface area (Å²) in [5, 5.41) is 2.89. The second-order valence-corrected chi connectivity index (χ2v) is 8.23. The highest BCUT2D eigenvalue weighted by Crippen LogP contribution is 2.38. The highest BCUT2D eigenvalue weighted by molar-refractivity contribution is 6.33. The van der Waals surface area contributed by atoms with Crippen LogP contribution >= 0.6 is 11.6 Å². The van der Waals surface area contributed by atoms with Crippen molar-refractivity contribution in [1.29, 1.82) is 0 Å². The fourth-order valence-electron chi connectivity index (χ4n) is 4.46. The molecule has 0 fully saturated rings. The first-order chi connectivity index (χ1) is 16.6. The van der Waals surface area contributed by atoms with E-state index in [1.54, 1.807) is 37.7 Å². The van der Waals surface area contributed by atoms with Crippen LogP contribution in [0.4, 0.5) is 4.39 Å². The van der Waals surface area contributed by atoms with Crippen LogP contribution in [0, 0.1) is 5.82 Å². The third-order valence-electron chi connectivity index (χ3n) is 5.95. The number of ether oxygens (including phenoxy) is 1. The summed E-state index contributed by atoms with van der Waals surface area (Å²) in [5.41, 5.74) is 2.84. The maximum atomic E-state index is 14.7. The molecule has 0 amide bonds. The summed E-state index contributed by atoms with van der Waals surface area (Å²) in [6.07, 6.45) is 3.24. The molecule has 0 aliphatic rings. The summed E-state index contributed by atoms with van der Waals surface area (Å²) in [6, 6.07) is 15.8. The average molecular weight is 471 g/mol. The van der Waals surface area contributed by atoms with Gasteiger partial charge in [0.1, 0.15) is 11.6 Å². The minimum atomic E-state index is -0.482. The Hall–Kier alpha value is -4.23. The first-order valence-corrected chi connectivity index (χ1v) is 10.8. The first-order valence-electron chi connectivity index (χ1n) is 10.5. The van der Waals surface area contributed by atoms with Gasteiger partial charge in [-0.2, -0.15) is 0 Å². The molecule has 0 aliphatic heterocycles. The largest absolute Gasteiger partial charge is 0.481 e. The number of benzene rings is 3. The zero-order valence-corrected chi connectivity index (χ0v) is 18.6. The van der Waals surface area contributed by atoms with Gasteiger partial charge < -0.3 is 14.7 Å². The van der Waals surface area contributed by atoms with Crippen LogP contribution in [0.25, 0.3) is 55.1 Å². The Morgan fingerprint density at radius 1 is 1.03 bits per heavy atom. The van der Waals surface area contributed by atoms with Crippen molar-refractivity contribution in [3.63, 3.8) is 0 Å². The van der Waals surface area contributed by atoms with Crippen LogP contribution in [-0.2, 0) is 0 Å². The van der Waals surface area contributed by atoms with Crippen molar-refractivity contribution in [2.45, 2.75) is 0 Å². The minimum Gasteiger partial charge on any atom is -0.481 e. The van der Waals surface area contributed by atoms with E-state index in [0.29, 0.717) is 33.5 Å². The van der Waals surface area contributed by atoms with Gasteiger partial charge in [0.05, 0.1) is 34.1 Å². The van der Waals surface area contributed by atoms with E-state index in [-0.39, 0.29) is 16.1 Å². The molecular formula is C26H16ClFN4O2. The van der Waals surface area contributed by atoms with Crippen molar-refractivity contribution >= 4 is 44.2 Å². The molecule has 6 aromatic rings. The van der Waals surface area contributed by atoms with Crippen molar-refractivity contribution in [1.82, 2.24) is 19.9 Å². The van der Waals surface area contributed by atoms with Crippen LogP contribution < -0.4 is 10.3 Å². The number of nitrogens with one attached hydrogen (secondary N) is 2. The number of fused-ring (bicyclic) bond motifs is 6. The summed E-state index contributed by atoms with van der Waals surface area (Å²) in [6.45, 7) is 0. The molecule has 3 aromatic heterocycles. The van der Waals surface area contributed by atoms with E-state index in [0.717, 1.165) is 21.9 Å². The van der Waals surface area contributed by atoms with Crippen LogP contribution in [0.2, 0.25) is 5.02 Å². The highest BCUT2D eigenvalue weighted by atomic mass is 35.5. The van der Waals surface area contributed by atoms with Gasteiger partial charge in [0.25, 0.3) is 5.56 Å². The van der Waals surface area contributed by atoms with E-state index in [1.165, 1.54) is 6.07 Å². The van der Waals surface area contributed by atoms with Crippen LogP contribution in [-0.4, -0.2) is 27.0 Å². The summed E-state index contributed by atoms with van der Waals surface area (Å²) in [4.78, 5) is 27.9. The van der Waals surface area contributed by atoms with Gasteiger partial charge in [-0.1, -0.05) is 29.8 Å². The number of methoxy groups -OCH3 is 1. The molecule has 0 saturated carbocycles. The zero-order chi connectivity index (χ0) is 23.4. The number of pyridine rings is 2. The molecule has 166 valence electrons. The summed E-state index contributed by atoms with van der Waals surface area (Å²) >= 11 is 6.30. The third-order valence-corrected chi connectivity index (χ3v) is 6.27. The second kappa shape index (κ2) is 7.67. The molecule has 3 heterocycles. The van der Waals surface area contributed by atoms with Gasteiger partial charge in [-0.15, -0.1) is 0 Å². The molecule has 0 atom stereocenters. The Labute approximate surface area is 197 Å². The Morgan fingerprint density at radius 3 is 2.74 bits per heavy atom. The van der Waals surface area contributed by atoms with Crippen molar-refractivity contribution in [2.24, 2.45) is 0 Å². The van der Waals surface area contributed by atoms with Gasteiger partial charge in [0.15, 0.2) is 0 Å². The quantitative estimate of drug-likeness (QED) is 0.307.